The number of imidazole rings is 1. The summed E-state index contributed by atoms with van der Waals surface area (Å²) in [7, 11) is 0. The Hall–Kier alpha value is -2.35. The van der Waals surface area contributed by atoms with Crippen LogP contribution in [0, 0.1) is 0 Å². The fourth-order valence-electron chi connectivity index (χ4n) is 3.07. The van der Waals surface area contributed by atoms with E-state index in [1.807, 2.05) is 6.20 Å². The van der Waals surface area contributed by atoms with Crippen LogP contribution in [0.2, 0.25) is 0 Å². The number of benzene rings is 2. The standard InChI is InChI=1S/C18H16N2/c1-3-7-14(8-4-1)16-11-18-19-12-17(20(18)13-16)15-9-5-2-6-10-15/h1-10,12,16H,11,13H2. The summed E-state index contributed by atoms with van der Waals surface area (Å²) in [5.41, 5.74) is 3.90. The van der Waals surface area contributed by atoms with Gasteiger partial charge in [0.05, 0.1) is 11.9 Å². The van der Waals surface area contributed by atoms with Gasteiger partial charge >= 0.3 is 0 Å². The first kappa shape index (κ1) is 11.5. The molecule has 0 fully saturated rings. The van der Waals surface area contributed by atoms with Gasteiger partial charge in [0, 0.05) is 18.9 Å². The van der Waals surface area contributed by atoms with Crippen molar-refractivity contribution in [3.05, 3.63) is 78.2 Å². The van der Waals surface area contributed by atoms with E-state index >= 15 is 0 Å². The molecule has 1 unspecified atom stereocenters. The van der Waals surface area contributed by atoms with E-state index in [0.717, 1.165) is 13.0 Å². The number of fused-ring (bicyclic) bond motifs is 1. The Kier molecular flexibility index (Phi) is 2.66. The lowest BCUT2D eigenvalue weighted by molar-refractivity contribution is 0.656. The van der Waals surface area contributed by atoms with Crippen molar-refractivity contribution >= 4 is 0 Å². The molecule has 0 amide bonds. The Morgan fingerprint density at radius 3 is 2.35 bits per heavy atom. The second-order valence-corrected chi connectivity index (χ2v) is 5.35. The molecule has 0 radical (unpaired) electrons. The van der Waals surface area contributed by atoms with Gasteiger partial charge in [-0.15, -0.1) is 0 Å². The third-order valence-corrected chi connectivity index (χ3v) is 4.11. The topological polar surface area (TPSA) is 17.8 Å². The zero-order chi connectivity index (χ0) is 13.4. The molecule has 20 heavy (non-hydrogen) atoms. The summed E-state index contributed by atoms with van der Waals surface area (Å²) < 4.78 is 2.37. The first-order valence-electron chi connectivity index (χ1n) is 7.06. The summed E-state index contributed by atoms with van der Waals surface area (Å²) in [6.07, 6.45) is 3.04. The molecule has 1 atom stereocenters. The van der Waals surface area contributed by atoms with Crippen molar-refractivity contribution in [2.45, 2.75) is 18.9 Å². The van der Waals surface area contributed by atoms with Crippen molar-refractivity contribution in [2.24, 2.45) is 0 Å². The van der Waals surface area contributed by atoms with E-state index in [2.05, 4.69) is 70.2 Å². The molecule has 0 spiro atoms. The first-order valence-corrected chi connectivity index (χ1v) is 7.06. The Labute approximate surface area is 118 Å². The number of nitrogens with zero attached hydrogens (tertiary/aromatic N) is 2. The van der Waals surface area contributed by atoms with Gasteiger partial charge in [-0.2, -0.15) is 0 Å². The molecule has 0 saturated carbocycles. The van der Waals surface area contributed by atoms with Crippen molar-refractivity contribution in [1.29, 1.82) is 0 Å². The van der Waals surface area contributed by atoms with E-state index < -0.39 is 0 Å². The van der Waals surface area contributed by atoms with Gasteiger partial charge in [0.15, 0.2) is 0 Å². The van der Waals surface area contributed by atoms with Crippen molar-refractivity contribution in [1.82, 2.24) is 9.55 Å². The summed E-state index contributed by atoms with van der Waals surface area (Å²) in [6.45, 7) is 1.03. The van der Waals surface area contributed by atoms with Crippen molar-refractivity contribution in [3.8, 4) is 11.3 Å². The first-order chi connectivity index (χ1) is 9.92. The zero-order valence-electron chi connectivity index (χ0n) is 11.2. The zero-order valence-corrected chi connectivity index (χ0v) is 11.2. The predicted molar refractivity (Wildman–Crippen MR) is 80.6 cm³/mol. The lowest BCUT2D eigenvalue weighted by Crippen LogP contribution is -2.02. The summed E-state index contributed by atoms with van der Waals surface area (Å²) in [5.74, 6) is 1.76. The van der Waals surface area contributed by atoms with E-state index in [1.165, 1.54) is 22.6 Å². The molecule has 98 valence electrons. The smallest absolute Gasteiger partial charge is 0.109 e. The van der Waals surface area contributed by atoms with Gasteiger partial charge in [-0.1, -0.05) is 60.7 Å². The van der Waals surface area contributed by atoms with Crippen LogP contribution in [0.5, 0.6) is 0 Å². The summed E-state index contributed by atoms with van der Waals surface area (Å²) >= 11 is 0. The van der Waals surface area contributed by atoms with Gasteiger partial charge in [-0.3, -0.25) is 0 Å². The van der Waals surface area contributed by atoms with Crippen LogP contribution in [0.1, 0.15) is 17.3 Å². The Morgan fingerprint density at radius 1 is 0.900 bits per heavy atom. The molecular weight excluding hydrogens is 244 g/mol. The molecule has 2 heterocycles. The minimum Gasteiger partial charge on any atom is -0.327 e. The van der Waals surface area contributed by atoms with Crippen LogP contribution >= 0.6 is 0 Å². The highest BCUT2D eigenvalue weighted by atomic mass is 15.1. The molecule has 2 nitrogen and oxygen atoms in total. The molecule has 2 heteroatoms. The third-order valence-electron chi connectivity index (χ3n) is 4.11. The molecule has 3 aromatic rings. The average Bonchev–Trinajstić information content (AvgIpc) is 3.09. The molecule has 0 N–H and O–H groups in total. The lowest BCUT2D eigenvalue weighted by atomic mass is 9.98. The number of hydrogen-bond donors (Lipinski definition) is 0. The maximum Gasteiger partial charge on any atom is 0.109 e. The minimum absolute atomic E-state index is 0.558. The van der Waals surface area contributed by atoms with Gasteiger partial charge in [0.2, 0.25) is 0 Å². The van der Waals surface area contributed by atoms with Crippen LogP contribution in [0.15, 0.2) is 66.9 Å². The maximum atomic E-state index is 4.61. The highest BCUT2D eigenvalue weighted by molar-refractivity contribution is 5.59. The molecule has 0 bridgehead atoms. The van der Waals surface area contributed by atoms with Crippen LogP contribution in [0.25, 0.3) is 11.3 Å². The predicted octanol–water partition coefficient (Wildman–Crippen LogP) is 3.89. The van der Waals surface area contributed by atoms with Crippen LogP contribution in [-0.4, -0.2) is 9.55 Å². The Morgan fingerprint density at radius 2 is 1.60 bits per heavy atom. The van der Waals surface area contributed by atoms with E-state index in [-0.39, 0.29) is 0 Å². The van der Waals surface area contributed by atoms with Gasteiger partial charge in [0.1, 0.15) is 5.82 Å². The third kappa shape index (κ3) is 1.85. The fraction of sp³-hybridized carbons (Fsp3) is 0.167. The normalized spacial score (nSPS) is 17.1. The van der Waals surface area contributed by atoms with Crippen LogP contribution < -0.4 is 0 Å². The van der Waals surface area contributed by atoms with Crippen molar-refractivity contribution in [2.75, 3.05) is 0 Å². The van der Waals surface area contributed by atoms with Gasteiger partial charge in [-0.25, -0.2) is 4.98 Å². The van der Waals surface area contributed by atoms with E-state index in [1.54, 1.807) is 0 Å². The van der Waals surface area contributed by atoms with Gasteiger partial charge in [0.25, 0.3) is 0 Å². The van der Waals surface area contributed by atoms with E-state index in [4.69, 9.17) is 0 Å². The minimum atomic E-state index is 0.558. The molecular formula is C18H16N2. The fourth-order valence-corrected chi connectivity index (χ4v) is 3.07. The SMILES string of the molecule is c1ccc(-c2cnc3n2CC(c2ccccc2)C3)cc1. The van der Waals surface area contributed by atoms with Crippen molar-refractivity contribution < 1.29 is 0 Å². The van der Waals surface area contributed by atoms with E-state index in [9.17, 15) is 0 Å². The number of hydrogen-bond acceptors (Lipinski definition) is 1. The Bertz CT molecular complexity index is 714. The second kappa shape index (κ2) is 4.64. The molecule has 0 saturated heterocycles. The molecule has 1 aliphatic rings. The molecule has 1 aromatic heterocycles. The average molecular weight is 260 g/mol. The van der Waals surface area contributed by atoms with Gasteiger partial charge in [-0.05, 0) is 11.1 Å². The van der Waals surface area contributed by atoms with Gasteiger partial charge < -0.3 is 4.57 Å². The van der Waals surface area contributed by atoms with E-state index in [0.29, 0.717) is 5.92 Å². The van der Waals surface area contributed by atoms with Crippen molar-refractivity contribution in [3.63, 3.8) is 0 Å². The molecule has 0 aliphatic carbocycles. The quantitative estimate of drug-likeness (QED) is 0.683. The van der Waals surface area contributed by atoms with Crippen LogP contribution in [-0.2, 0) is 13.0 Å². The van der Waals surface area contributed by atoms with Crippen LogP contribution in [0.3, 0.4) is 0 Å². The maximum absolute atomic E-state index is 4.61. The highest BCUT2D eigenvalue weighted by Gasteiger charge is 2.26. The number of aromatic nitrogens is 2. The molecule has 1 aliphatic heterocycles. The lowest BCUT2D eigenvalue weighted by Gasteiger charge is -2.10. The summed E-state index contributed by atoms with van der Waals surface area (Å²) in [4.78, 5) is 4.61. The summed E-state index contributed by atoms with van der Waals surface area (Å²) in [5, 5.41) is 0. The summed E-state index contributed by atoms with van der Waals surface area (Å²) in [6, 6.07) is 21.3. The Balaban J connectivity index is 1.68. The largest absolute Gasteiger partial charge is 0.327 e. The number of rotatable bonds is 2. The molecule has 4 rings (SSSR count). The van der Waals surface area contributed by atoms with Crippen LogP contribution in [0.4, 0.5) is 0 Å². The molecule has 2 aromatic carbocycles. The highest BCUT2D eigenvalue weighted by Crippen LogP contribution is 2.33. The monoisotopic (exact) mass is 260 g/mol. The second-order valence-electron chi connectivity index (χ2n) is 5.35.